The summed E-state index contributed by atoms with van der Waals surface area (Å²) in [5, 5.41) is 0.563. The van der Waals surface area contributed by atoms with E-state index in [9.17, 15) is 22.8 Å². The molecule has 2 aliphatic rings. The molecule has 0 spiro atoms. The van der Waals surface area contributed by atoms with Gasteiger partial charge < -0.3 is 19.3 Å². The number of hydrazine groups is 1. The first-order valence-corrected chi connectivity index (χ1v) is 11.0. The lowest BCUT2D eigenvalue weighted by molar-refractivity contribution is -0.219. The number of aromatic nitrogens is 1. The van der Waals surface area contributed by atoms with E-state index in [4.69, 9.17) is 21.1 Å². The van der Waals surface area contributed by atoms with Crippen molar-refractivity contribution in [3.05, 3.63) is 23.4 Å². The normalized spacial score (nSPS) is 22.8. The maximum Gasteiger partial charge on any atom is 0.403 e. The Bertz CT molecular complexity index is 806. The topological polar surface area (TPSA) is 96.0 Å². The summed E-state index contributed by atoms with van der Waals surface area (Å²) in [5.74, 6) is -2.67. The van der Waals surface area contributed by atoms with Crippen molar-refractivity contribution in [2.45, 2.75) is 31.7 Å². The third-order valence-corrected chi connectivity index (χ3v) is 5.63. The molecule has 9 nitrogen and oxygen atoms in total. The molecule has 3 heterocycles. The van der Waals surface area contributed by atoms with E-state index in [-0.39, 0.29) is 32.1 Å². The number of anilines is 1. The van der Waals surface area contributed by atoms with Gasteiger partial charge in [-0.2, -0.15) is 13.2 Å². The van der Waals surface area contributed by atoms with Crippen LogP contribution >= 0.6 is 11.6 Å². The third kappa shape index (κ3) is 7.16. The summed E-state index contributed by atoms with van der Waals surface area (Å²) in [6.07, 6.45) is -5.01. The van der Waals surface area contributed by atoms with Crippen LogP contribution in [0.3, 0.4) is 0 Å². The van der Waals surface area contributed by atoms with E-state index in [1.54, 1.807) is 24.1 Å². The van der Waals surface area contributed by atoms with Gasteiger partial charge in [0.15, 0.2) is 5.92 Å². The van der Waals surface area contributed by atoms with Gasteiger partial charge in [-0.1, -0.05) is 11.6 Å². The quantitative estimate of drug-likeness (QED) is 0.528. The van der Waals surface area contributed by atoms with Crippen LogP contribution in [0, 0.1) is 5.92 Å². The second-order valence-electron chi connectivity index (χ2n) is 7.90. The summed E-state index contributed by atoms with van der Waals surface area (Å²) in [6.45, 7) is 3.92. The number of halogens is 4. The Kier molecular flexibility index (Phi) is 8.74. The van der Waals surface area contributed by atoms with E-state index >= 15 is 0 Å². The molecule has 0 radical (unpaired) electrons. The zero-order chi connectivity index (χ0) is 24.0. The number of hydrogen-bond donors (Lipinski definition) is 2. The number of ether oxygens (including phenoxy) is 2. The number of rotatable bonds is 8. The number of nitrogens with one attached hydrogen (secondary N) is 2. The van der Waals surface area contributed by atoms with Crippen LogP contribution in [0.5, 0.6) is 0 Å². The van der Waals surface area contributed by atoms with E-state index in [1.165, 1.54) is 0 Å². The maximum atomic E-state index is 13.1. The van der Waals surface area contributed by atoms with Crippen molar-refractivity contribution in [3.8, 4) is 0 Å². The molecule has 3 atom stereocenters. The van der Waals surface area contributed by atoms with Gasteiger partial charge in [0.1, 0.15) is 5.82 Å². The maximum absolute atomic E-state index is 13.1. The van der Waals surface area contributed by atoms with E-state index in [1.807, 2.05) is 11.5 Å². The fourth-order valence-electron chi connectivity index (χ4n) is 3.73. The molecule has 2 fully saturated rings. The van der Waals surface area contributed by atoms with Crippen LogP contribution in [-0.4, -0.2) is 86.0 Å². The second kappa shape index (κ2) is 11.3. The first-order chi connectivity index (χ1) is 15.6. The monoisotopic (exact) mass is 493 g/mol. The highest BCUT2D eigenvalue weighted by Gasteiger charge is 2.52. The molecule has 3 rings (SSSR count). The number of carbonyl (C=O) groups excluding carboxylic acids is 2. The summed E-state index contributed by atoms with van der Waals surface area (Å²) >= 11 is 5.86. The highest BCUT2D eigenvalue weighted by molar-refractivity contribution is 6.30. The lowest BCUT2D eigenvalue weighted by atomic mass is 9.99. The zero-order valence-electron chi connectivity index (χ0n) is 18.1. The van der Waals surface area contributed by atoms with Gasteiger partial charge in [-0.25, -0.2) is 10.4 Å². The summed E-state index contributed by atoms with van der Waals surface area (Å²) in [6, 6.07) is 3.61. The highest BCUT2D eigenvalue weighted by Crippen LogP contribution is 2.32. The molecule has 2 amide bonds. The van der Waals surface area contributed by atoms with E-state index < -0.39 is 30.2 Å². The number of hydrogen-bond acceptors (Lipinski definition) is 7. The molecule has 0 saturated carbocycles. The second-order valence-corrected chi connectivity index (χ2v) is 8.34. The Morgan fingerprint density at radius 3 is 2.67 bits per heavy atom. The largest absolute Gasteiger partial charge is 0.403 e. The van der Waals surface area contributed by atoms with Gasteiger partial charge in [-0.15, -0.1) is 0 Å². The van der Waals surface area contributed by atoms with Gasteiger partial charge in [0, 0.05) is 38.9 Å². The first kappa shape index (κ1) is 25.5. The molecule has 0 bridgehead atoms. The minimum atomic E-state index is -4.71. The fraction of sp³-hybridized carbons (Fsp3) is 0.650. The van der Waals surface area contributed by atoms with Crippen LogP contribution in [0.2, 0.25) is 5.02 Å². The molecule has 1 aromatic rings. The standard InChI is InChI=1S/C20H27ClF3N5O4/c1-13(33-15-11-26-27-19(31)18(15)20(22,23)24)12-32-9-4-17(30)29-7-5-28(6-8-29)16-3-2-14(21)10-25-16/h2-3,10,13,15,18,26H,4-9,11-12H2,1H3,(H,27,31)/t13-,15?,18?/m1/s1. The van der Waals surface area contributed by atoms with Crippen molar-refractivity contribution >= 4 is 29.2 Å². The molecular weight excluding hydrogens is 467 g/mol. The molecule has 0 aliphatic carbocycles. The van der Waals surface area contributed by atoms with E-state index in [0.29, 0.717) is 31.2 Å². The molecule has 13 heteroatoms. The van der Waals surface area contributed by atoms with Crippen molar-refractivity contribution in [1.29, 1.82) is 0 Å². The van der Waals surface area contributed by atoms with Crippen molar-refractivity contribution in [2.24, 2.45) is 5.92 Å². The highest BCUT2D eigenvalue weighted by atomic mass is 35.5. The van der Waals surface area contributed by atoms with Crippen LogP contribution in [0.25, 0.3) is 0 Å². The Labute approximate surface area is 194 Å². The lowest BCUT2D eigenvalue weighted by Crippen LogP contribution is -2.60. The molecule has 184 valence electrons. The molecule has 2 unspecified atom stereocenters. The number of alkyl halides is 3. The molecule has 2 N–H and O–H groups in total. The van der Waals surface area contributed by atoms with Crippen LogP contribution in [0.15, 0.2) is 18.3 Å². The van der Waals surface area contributed by atoms with Gasteiger partial charge in [0.25, 0.3) is 0 Å². The van der Waals surface area contributed by atoms with Crippen LogP contribution in [0.4, 0.5) is 19.0 Å². The average Bonchev–Trinajstić information content (AvgIpc) is 2.76. The van der Waals surface area contributed by atoms with Gasteiger partial charge >= 0.3 is 6.18 Å². The summed E-state index contributed by atoms with van der Waals surface area (Å²) in [5.41, 5.74) is 4.38. The summed E-state index contributed by atoms with van der Waals surface area (Å²) < 4.78 is 50.3. The van der Waals surface area contributed by atoms with Gasteiger partial charge in [-0.05, 0) is 19.1 Å². The Morgan fingerprint density at radius 2 is 2.03 bits per heavy atom. The van der Waals surface area contributed by atoms with Crippen LogP contribution in [0.1, 0.15) is 13.3 Å². The predicted molar refractivity (Wildman–Crippen MR) is 114 cm³/mol. The molecule has 33 heavy (non-hydrogen) atoms. The molecule has 2 saturated heterocycles. The van der Waals surface area contributed by atoms with E-state index in [2.05, 4.69) is 15.3 Å². The van der Waals surface area contributed by atoms with Crippen molar-refractivity contribution in [3.63, 3.8) is 0 Å². The SMILES string of the molecule is C[C@H](COCCC(=O)N1CCN(c2ccc(Cl)cn2)CC1)OC1CNNC(=O)C1C(F)(F)F. The Hall–Kier alpha value is -2.15. The van der Waals surface area contributed by atoms with Crippen molar-refractivity contribution in [2.75, 3.05) is 50.8 Å². The predicted octanol–water partition coefficient (Wildman–Crippen LogP) is 1.38. The number of nitrogens with zero attached hydrogens (tertiary/aromatic N) is 3. The lowest BCUT2D eigenvalue weighted by Gasteiger charge is -2.35. The number of carbonyl (C=O) groups is 2. The zero-order valence-corrected chi connectivity index (χ0v) is 18.9. The Morgan fingerprint density at radius 1 is 1.30 bits per heavy atom. The van der Waals surface area contributed by atoms with Crippen molar-refractivity contribution < 1.29 is 32.2 Å². The number of piperazine rings is 1. The fourth-order valence-corrected chi connectivity index (χ4v) is 3.85. The average molecular weight is 494 g/mol. The Balaban J connectivity index is 1.34. The molecule has 0 aromatic carbocycles. The first-order valence-electron chi connectivity index (χ1n) is 10.6. The smallest absolute Gasteiger partial charge is 0.378 e. The summed E-state index contributed by atoms with van der Waals surface area (Å²) in [4.78, 5) is 32.1. The number of pyridine rings is 1. The third-order valence-electron chi connectivity index (χ3n) is 5.41. The van der Waals surface area contributed by atoms with Crippen LogP contribution < -0.4 is 15.8 Å². The van der Waals surface area contributed by atoms with Crippen LogP contribution in [-0.2, 0) is 19.1 Å². The molecule has 2 aliphatic heterocycles. The summed E-state index contributed by atoms with van der Waals surface area (Å²) in [7, 11) is 0. The van der Waals surface area contributed by atoms with Crippen molar-refractivity contribution in [1.82, 2.24) is 20.7 Å². The molecular formula is C20H27ClF3N5O4. The van der Waals surface area contributed by atoms with Gasteiger partial charge in [0.2, 0.25) is 11.8 Å². The minimum Gasteiger partial charge on any atom is -0.378 e. The van der Waals surface area contributed by atoms with Gasteiger partial charge in [-0.3, -0.25) is 15.0 Å². The minimum absolute atomic E-state index is 0.00594. The van der Waals surface area contributed by atoms with E-state index in [0.717, 1.165) is 5.82 Å². The van der Waals surface area contributed by atoms with Gasteiger partial charge in [0.05, 0.1) is 36.9 Å². The number of amides is 2. The molecule has 1 aromatic heterocycles.